The van der Waals surface area contributed by atoms with Gasteiger partial charge in [-0.3, -0.25) is 8.42 Å². The minimum absolute atomic E-state index is 0.934. The molecule has 0 bridgehead atoms. The summed E-state index contributed by atoms with van der Waals surface area (Å²) in [6.07, 6.45) is 11.1. The van der Waals surface area contributed by atoms with Crippen LogP contribution in [0.4, 0.5) is 0 Å². The zero-order valence-corrected chi connectivity index (χ0v) is 18.2. The molecule has 154 valence electrons. The molecule has 0 aromatic heterocycles. The Kier molecular flexibility index (Phi) is 16.2. The lowest BCUT2D eigenvalue weighted by Crippen LogP contribution is -2.50. The molecular formula is C19H42NO4S-. The van der Waals surface area contributed by atoms with Gasteiger partial charge < -0.3 is 13.6 Å². The molecule has 25 heavy (non-hydrogen) atoms. The number of nitrogens with zero attached hydrogens (tertiary/aromatic N) is 1. The third-order valence-electron chi connectivity index (χ3n) is 5.25. The predicted octanol–water partition coefficient (Wildman–Crippen LogP) is 4.55. The molecule has 0 aromatic carbocycles. The fraction of sp³-hybridized carbons (Fsp3) is 1.00. The van der Waals surface area contributed by atoms with Gasteiger partial charge in [0.15, 0.2) is 0 Å². The molecule has 0 heterocycles. The topological polar surface area (TPSA) is 80.3 Å². The van der Waals surface area contributed by atoms with Crippen molar-refractivity contribution in [3.63, 3.8) is 0 Å². The normalized spacial score (nSPS) is 16.5. The molecular weight excluding hydrogens is 338 g/mol. The first-order chi connectivity index (χ1) is 11.5. The summed E-state index contributed by atoms with van der Waals surface area (Å²) in [4.78, 5) is 0. The van der Waals surface area contributed by atoms with Gasteiger partial charge in [-0.15, -0.1) is 0 Å². The molecule has 2 atom stereocenters. The Bertz CT molecular complexity index is 372. The van der Waals surface area contributed by atoms with Crippen LogP contribution in [-0.2, 0) is 10.4 Å². The molecule has 0 rings (SSSR count). The lowest BCUT2D eigenvalue weighted by Gasteiger charge is -2.39. The van der Waals surface area contributed by atoms with E-state index in [1.54, 1.807) is 0 Å². The second-order valence-corrected chi connectivity index (χ2v) is 8.36. The van der Waals surface area contributed by atoms with Crippen molar-refractivity contribution in [3.05, 3.63) is 0 Å². The van der Waals surface area contributed by atoms with E-state index < -0.39 is 10.4 Å². The molecule has 0 aromatic rings. The molecule has 0 N–H and O–H groups in total. The van der Waals surface area contributed by atoms with Gasteiger partial charge in [-0.2, -0.15) is 0 Å². The first kappa shape index (κ1) is 27.1. The van der Waals surface area contributed by atoms with Crippen LogP contribution in [0, 0.1) is 11.8 Å². The van der Waals surface area contributed by atoms with Gasteiger partial charge in [-0.1, -0.05) is 53.4 Å². The Morgan fingerprint density at radius 3 is 1.32 bits per heavy atom. The Hall–Kier alpha value is -0.170. The van der Waals surface area contributed by atoms with Crippen LogP contribution in [0.25, 0.3) is 0 Å². The zero-order valence-electron chi connectivity index (χ0n) is 17.4. The fourth-order valence-electron chi connectivity index (χ4n) is 3.41. The standard InChI is InChI=1S/C19H42N.H2O4S/c1-7-12-14-18(9-3)16-20(6,11-5)17-19(10-4)15-13-8-2;1-5(2,3)4/h18-19H,7-17H2,1-6H3;(H2,1,2,3,4)/q+1;/p-2. The van der Waals surface area contributed by atoms with Gasteiger partial charge in [0.05, 0.1) is 26.7 Å². The Labute approximate surface area is 157 Å². The van der Waals surface area contributed by atoms with E-state index in [2.05, 4.69) is 41.7 Å². The highest BCUT2D eigenvalue weighted by atomic mass is 32.3. The highest BCUT2D eigenvalue weighted by Crippen LogP contribution is 2.22. The summed E-state index contributed by atoms with van der Waals surface area (Å²) in [5.41, 5.74) is 0. The Balaban J connectivity index is 0. The van der Waals surface area contributed by atoms with Crippen LogP contribution in [-0.4, -0.2) is 48.7 Å². The van der Waals surface area contributed by atoms with Gasteiger partial charge in [-0.05, 0) is 32.6 Å². The van der Waals surface area contributed by atoms with E-state index in [-0.39, 0.29) is 0 Å². The third kappa shape index (κ3) is 18.4. The van der Waals surface area contributed by atoms with Crippen LogP contribution >= 0.6 is 0 Å². The van der Waals surface area contributed by atoms with E-state index in [9.17, 15) is 0 Å². The molecule has 5 nitrogen and oxygen atoms in total. The summed E-state index contributed by atoms with van der Waals surface area (Å²) in [6, 6.07) is 0. The van der Waals surface area contributed by atoms with Crippen molar-refractivity contribution in [3.8, 4) is 0 Å². The number of unbranched alkanes of at least 4 members (excludes halogenated alkanes) is 2. The lowest BCUT2D eigenvalue weighted by atomic mass is 9.94. The second-order valence-electron chi connectivity index (χ2n) is 7.54. The molecule has 6 heteroatoms. The van der Waals surface area contributed by atoms with Crippen LogP contribution in [0.3, 0.4) is 0 Å². The van der Waals surface area contributed by atoms with Crippen LogP contribution < -0.4 is 0 Å². The number of hydrogen-bond acceptors (Lipinski definition) is 4. The van der Waals surface area contributed by atoms with E-state index in [1.165, 1.54) is 75.5 Å². The third-order valence-corrected chi connectivity index (χ3v) is 5.25. The molecule has 0 aliphatic heterocycles. The molecule has 0 saturated heterocycles. The highest BCUT2D eigenvalue weighted by Gasteiger charge is 2.26. The minimum Gasteiger partial charge on any atom is -0.759 e. The summed E-state index contributed by atoms with van der Waals surface area (Å²) in [6.45, 7) is 15.9. The Morgan fingerprint density at radius 1 is 0.800 bits per heavy atom. The van der Waals surface area contributed by atoms with Crippen LogP contribution in [0.2, 0.25) is 0 Å². The molecule has 0 saturated carbocycles. The quantitative estimate of drug-likeness (QED) is 0.267. The van der Waals surface area contributed by atoms with Crippen molar-refractivity contribution < 1.29 is 22.0 Å². The van der Waals surface area contributed by atoms with Crippen molar-refractivity contribution in [2.75, 3.05) is 26.7 Å². The minimum atomic E-state index is -5.17. The summed E-state index contributed by atoms with van der Waals surface area (Å²) >= 11 is 0. The maximum absolute atomic E-state index is 8.52. The number of rotatable bonds is 13. The maximum Gasteiger partial charge on any atom is 0.0813 e. The number of quaternary nitrogens is 1. The summed E-state index contributed by atoms with van der Waals surface area (Å²) < 4.78 is 35.4. The Morgan fingerprint density at radius 2 is 1.12 bits per heavy atom. The second kappa shape index (κ2) is 14.9. The zero-order chi connectivity index (χ0) is 19.9. The smallest absolute Gasteiger partial charge is 0.0813 e. The molecule has 0 radical (unpaired) electrons. The van der Waals surface area contributed by atoms with Gasteiger partial charge in [0.1, 0.15) is 0 Å². The van der Waals surface area contributed by atoms with Gasteiger partial charge in [0.25, 0.3) is 0 Å². The SMILES string of the molecule is CCCCC(CC)C[N+](C)(CC)CC(CC)CCCC.O=S(=O)([O-])[O-]. The van der Waals surface area contributed by atoms with E-state index in [1.807, 2.05) is 0 Å². The van der Waals surface area contributed by atoms with Crippen LogP contribution in [0.5, 0.6) is 0 Å². The molecule has 0 fully saturated rings. The van der Waals surface area contributed by atoms with E-state index in [0.717, 1.165) is 11.8 Å². The molecule has 0 spiro atoms. The lowest BCUT2D eigenvalue weighted by molar-refractivity contribution is -0.914. The monoisotopic (exact) mass is 380 g/mol. The van der Waals surface area contributed by atoms with Crippen LogP contribution in [0.1, 0.15) is 86.0 Å². The summed E-state index contributed by atoms with van der Waals surface area (Å²) in [5.74, 6) is 1.87. The van der Waals surface area contributed by atoms with Crippen molar-refractivity contribution in [2.24, 2.45) is 11.8 Å². The average molecular weight is 381 g/mol. The van der Waals surface area contributed by atoms with E-state index in [0.29, 0.717) is 0 Å². The molecule has 2 unspecified atom stereocenters. The largest absolute Gasteiger partial charge is 0.759 e. The van der Waals surface area contributed by atoms with Crippen molar-refractivity contribution in [1.29, 1.82) is 0 Å². The van der Waals surface area contributed by atoms with Crippen molar-refractivity contribution in [1.82, 2.24) is 0 Å². The van der Waals surface area contributed by atoms with E-state index in [4.69, 9.17) is 17.5 Å². The van der Waals surface area contributed by atoms with Gasteiger partial charge in [0.2, 0.25) is 0 Å². The van der Waals surface area contributed by atoms with Gasteiger partial charge in [-0.25, -0.2) is 0 Å². The maximum atomic E-state index is 8.52. The number of hydrogen-bond donors (Lipinski definition) is 0. The van der Waals surface area contributed by atoms with Gasteiger partial charge in [0, 0.05) is 22.2 Å². The summed E-state index contributed by atoms with van der Waals surface area (Å²) in [7, 11) is -2.66. The van der Waals surface area contributed by atoms with Crippen LogP contribution in [0.15, 0.2) is 0 Å². The molecule has 0 aliphatic rings. The highest BCUT2D eigenvalue weighted by molar-refractivity contribution is 7.79. The molecule has 0 aliphatic carbocycles. The van der Waals surface area contributed by atoms with E-state index >= 15 is 0 Å². The van der Waals surface area contributed by atoms with Gasteiger partial charge >= 0.3 is 0 Å². The fourth-order valence-corrected chi connectivity index (χ4v) is 3.41. The first-order valence-electron chi connectivity index (χ1n) is 10.0. The van der Waals surface area contributed by atoms with Crippen molar-refractivity contribution >= 4 is 10.4 Å². The average Bonchev–Trinajstić information content (AvgIpc) is 2.53. The molecule has 0 amide bonds. The van der Waals surface area contributed by atoms with Crippen molar-refractivity contribution in [2.45, 2.75) is 86.0 Å². The predicted molar refractivity (Wildman–Crippen MR) is 104 cm³/mol. The summed E-state index contributed by atoms with van der Waals surface area (Å²) in [5, 5.41) is 0. The first-order valence-corrected chi connectivity index (χ1v) is 11.4.